The van der Waals surface area contributed by atoms with Crippen molar-refractivity contribution in [2.24, 2.45) is 0 Å². The summed E-state index contributed by atoms with van der Waals surface area (Å²) in [5.74, 6) is -0.501. The number of fused-ring (bicyclic) bond motifs is 1. The van der Waals surface area contributed by atoms with E-state index in [0.717, 1.165) is 10.9 Å². The highest BCUT2D eigenvalue weighted by Crippen LogP contribution is 2.18. The Balaban J connectivity index is 2.27. The molecule has 3 nitrogen and oxygen atoms in total. The normalized spacial score (nSPS) is 10.3. The van der Waals surface area contributed by atoms with Crippen LogP contribution in [-0.4, -0.2) is 24.1 Å². The molecule has 0 radical (unpaired) electrons. The summed E-state index contributed by atoms with van der Waals surface area (Å²) in [6.07, 6.45) is 0.338. The van der Waals surface area contributed by atoms with Gasteiger partial charge in [-0.15, -0.1) is 0 Å². The number of hydrogen-bond donors (Lipinski definition) is 0. The summed E-state index contributed by atoms with van der Waals surface area (Å²) in [4.78, 5) is 23.0. The van der Waals surface area contributed by atoms with Gasteiger partial charge < -0.3 is 4.90 Å². The molecule has 0 saturated carbocycles. The molecule has 92 valence electrons. The number of carbonyl (C=O) groups is 2. The molecule has 0 aliphatic rings. The van der Waals surface area contributed by atoms with E-state index in [2.05, 4.69) is 25.1 Å². The molecule has 0 bridgehead atoms. The highest BCUT2D eigenvalue weighted by molar-refractivity contribution is 6.23. The van der Waals surface area contributed by atoms with Gasteiger partial charge in [0.05, 0.1) is 0 Å². The minimum absolute atomic E-state index is 0.338. The fraction of sp³-hybridized carbons (Fsp3) is 0.200. The van der Waals surface area contributed by atoms with Gasteiger partial charge in [-0.1, -0.05) is 35.9 Å². The highest BCUT2D eigenvalue weighted by Gasteiger charge is 2.07. The van der Waals surface area contributed by atoms with Crippen molar-refractivity contribution >= 4 is 23.0 Å². The van der Waals surface area contributed by atoms with Crippen LogP contribution in [0.1, 0.15) is 11.1 Å². The van der Waals surface area contributed by atoms with E-state index < -0.39 is 5.91 Å². The quantitative estimate of drug-likeness (QED) is 0.611. The molecule has 0 spiro atoms. The third-order valence-corrected chi connectivity index (χ3v) is 2.96. The fourth-order valence-corrected chi connectivity index (χ4v) is 1.95. The van der Waals surface area contributed by atoms with E-state index >= 15 is 0 Å². The predicted molar refractivity (Wildman–Crippen MR) is 71.2 cm³/mol. The molecule has 0 N–H and O–H groups in total. The van der Waals surface area contributed by atoms with Crippen LogP contribution >= 0.6 is 0 Å². The second kappa shape index (κ2) is 5.00. The third kappa shape index (κ3) is 2.56. The summed E-state index contributed by atoms with van der Waals surface area (Å²) in [5.41, 5.74) is 2.24. The first kappa shape index (κ1) is 12.3. The molecule has 18 heavy (non-hydrogen) atoms. The number of amides is 1. The van der Waals surface area contributed by atoms with Crippen LogP contribution in [0.2, 0.25) is 0 Å². The minimum atomic E-state index is -0.501. The Hall–Kier alpha value is -2.16. The third-order valence-electron chi connectivity index (χ3n) is 2.96. The van der Waals surface area contributed by atoms with Gasteiger partial charge >= 0.3 is 0 Å². The van der Waals surface area contributed by atoms with E-state index in [1.54, 1.807) is 7.05 Å². The molecule has 0 aliphatic carbocycles. The standard InChI is InChI=1S/C15H15NO2/c1-11-3-5-14-8-12(4-6-13(14)7-11)9-16(2)15(18)10-17/h3-8,10H,9H2,1-2H3. The Bertz CT molecular complexity index is 604. The van der Waals surface area contributed by atoms with E-state index in [9.17, 15) is 9.59 Å². The van der Waals surface area contributed by atoms with Crippen molar-refractivity contribution in [3.63, 3.8) is 0 Å². The molecule has 3 heteroatoms. The Kier molecular flexibility index (Phi) is 3.42. The Morgan fingerprint density at radius 1 is 1.17 bits per heavy atom. The average molecular weight is 241 g/mol. The summed E-state index contributed by atoms with van der Waals surface area (Å²) in [5, 5.41) is 2.33. The molecule has 2 aromatic rings. The molecule has 2 rings (SSSR count). The number of rotatable bonds is 3. The summed E-state index contributed by atoms with van der Waals surface area (Å²) in [6, 6.07) is 12.3. The Morgan fingerprint density at radius 3 is 2.56 bits per heavy atom. The average Bonchev–Trinajstić information content (AvgIpc) is 2.38. The van der Waals surface area contributed by atoms with Gasteiger partial charge in [0, 0.05) is 13.6 Å². The van der Waals surface area contributed by atoms with Gasteiger partial charge in [0.2, 0.25) is 6.29 Å². The van der Waals surface area contributed by atoms with Gasteiger partial charge in [-0.3, -0.25) is 9.59 Å². The summed E-state index contributed by atoms with van der Waals surface area (Å²) in [6.45, 7) is 2.51. The van der Waals surface area contributed by atoms with Crippen molar-refractivity contribution in [3.05, 3.63) is 47.5 Å². The molecule has 0 saturated heterocycles. The Morgan fingerprint density at radius 2 is 1.83 bits per heavy atom. The summed E-state index contributed by atoms with van der Waals surface area (Å²) >= 11 is 0. The molecule has 0 atom stereocenters. The lowest BCUT2D eigenvalue weighted by molar-refractivity contribution is -0.138. The molecular weight excluding hydrogens is 226 g/mol. The highest BCUT2D eigenvalue weighted by atomic mass is 16.2. The lowest BCUT2D eigenvalue weighted by Gasteiger charge is -2.14. The zero-order valence-electron chi connectivity index (χ0n) is 10.5. The van der Waals surface area contributed by atoms with Crippen LogP contribution in [0, 0.1) is 6.92 Å². The van der Waals surface area contributed by atoms with E-state index in [-0.39, 0.29) is 0 Å². The lowest BCUT2D eigenvalue weighted by atomic mass is 10.0. The predicted octanol–water partition coefficient (Wildman–Crippen LogP) is 2.31. The van der Waals surface area contributed by atoms with E-state index in [1.165, 1.54) is 15.8 Å². The molecular formula is C15H15NO2. The molecule has 0 aliphatic heterocycles. The number of carbonyl (C=O) groups excluding carboxylic acids is 2. The van der Waals surface area contributed by atoms with Crippen molar-refractivity contribution in [2.45, 2.75) is 13.5 Å². The first-order chi connectivity index (χ1) is 8.60. The monoisotopic (exact) mass is 241 g/mol. The SMILES string of the molecule is Cc1ccc2cc(CN(C)C(=O)C=O)ccc2c1. The topological polar surface area (TPSA) is 37.4 Å². The van der Waals surface area contributed by atoms with Crippen molar-refractivity contribution < 1.29 is 9.59 Å². The first-order valence-electron chi connectivity index (χ1n) is 5.80. The summed E-state index contributed by atoms with van der Waals surface area (Å²) in [7, 11) is 1.62. The number of aryl methyl sites for hydroxylation is 1. The van der Waals surface area contributed by atoms with E-state index in [0.29, 0.717) is 12.8 Å². The molecule has 1 amide bonds. The number of hydrogen-bond acceptors (Lipinski definition) is 2. The maximum absolute atomic E-state index is 11.2. The van der Waals surface area contributed by atoms with Crippen LogP contribution < -0.4 is 0 Å². The van der Waals surface area contributed by atoms with Crippen LogP contribution in [0.5, 0.6) is 0 Å². The van der Waals surface area contributed by atoms with Gasteiger partial charge in [0.25, 0.3) is 5.91 Å². The molecule has 0 unspecified atom stereocenters. The maximum atomic E-state index is 11.2. The largest absolute Gasteiger partial charge is 0.335 e. The van der Waals surface area contributed by atoms with Crippen LogP contribution in [-0.2, 0) is 16.1 Å². The minimum Gasteiger partial charge on any atom is -0.335 e. The van der Waals surface area contributed by atoms with Gasteiger partial charge in [-0.25, -0.2) is 0 Å². The second-order valence-corrected chi connectivity index (χ2v) is 4.50. The van der Waals surface area contributed by atoms with Crippen molar-refractivity contribution in [1.82, 2.24) is 4.90 Å². The van der Waals surface area contributed by atoms with Gasteiger partial charge in [-0.05, 0) is 29.3 Å². The second-order valence-electron chi connectivity index (χ2n) is 4.50. The summed E-state index contributed by atoms with van der Waals surface area (Å²) < 4.78 is 0. The number of aldehydes is 1. The van der Waals surface area contributed by atoms with Crippen molar-refractivity contribution in [3.8, 4) is 0 Å². The van der Waals surface area contributed by atoms with Crippen LogP contribution in [0.4, 0.5) is 0 Å². The van der Waals surface area contributed by atoms with Gasteiger partial charge in [-0.2, -0.15) is 0 Å². The van der Waals surface area contributed by atoms with E-state index in [1.807, 2.05) is 18.2 Å². The van der Waals surface area contributed by atoms with Gasteiger partial charge in [0.1, 0.15) is 0 Å². The van der Waals surface area contributed by atoms with Crippen LogP contribution in [0.25, 0.3) is 10.8 Å². The Labute approximate surface area is 106 Å². The zero-order chi connectivity index (χ0) is 13.1. The molecule has 0 heterocycles. The fourth-order valence-electron chi connectivity index (χ4n) is 1.95. The van der Waals surface area contributed by atoms with Gasteiger partial charge in [0.15, 0.2) is 0 Å². The van der Waals surface area contributed by atoms with Crippen LogP contribution in [0.15, 0.2) is 36.4 Å². The number of benzene rings is 2. The molecule has 0 aromatic heterocycles. The number of nitrogens with zero attached hydrogens (tertiary/aromatic N) is 1. The maximum Gasteiger partial charge on any atom is 0.286 e. The molecule has 2 aromatic carbocycles. The lowest BCUT2D eigenvalue weighted by Crippen LogP contribution is -2.26. The smallest absolute Gasteiger partial charge is 0.286 e. The first-order valence-corrected chi connectivity index (χ1v) is 5.80. The van der Waals surface area contributed by atoms with Crippen molar-refractivity contribution in [2.75, 3.05) is 7.05 Å². The van der Waals surface area contributed by atoms with Crippen LogP contribution in [0.3, 0.4) is 0 Å². The molecule has 0 fully saturated rings. The zero-order valence-corrected chi connectivity index (χ0v) is 10.5. The number of likely N-dealkylation sites (N-methyl/N-ethyl adjacent to an activating group) is 1. The van der Waals surface area contributed by atoms with Crippen molar-refractivity contribution in [1.29, 1.82) is 0 Å². The van der Waals surface area contributed by atoms with E-state index in [4.69, 9.17) is 0 Å².